The first-order valence-electron chi connectivity index (χ1n) is 33.5. The van der Waals surface area contributed by atoms with E-state index in [4.69, 9.17) is 94.5 Å². The summed E-state index contributed by atoms with van der Waals surface area (Å²) in [6.07, 6.45) is 13.0. The van der Waals surface area contributed by atoms with Crippen molar-refractivity contribution in [3.05, 3.63) is 120 Å². The van der Waals surface area contributed by atoms with Gasteiger partial charge in [-0.1, -0.05) is 172 Å². The van der Waals surface area contributed by atoms with Gasteiger partial charge in [-0.15, -0.1) is 0 Å². The number of carboxylic acid groups (broad SMARTS) is 10. The van der Waals surface area contributed by atoms with E-state index in [1.54, 1.807) is 13.8 Å². The van der Waals surface area contributed by atoms with Crippen molar-refractivity contribution < 1.29 is 176 Å². The topological polar surface area (TPSA) is 652 Å². The summed E-state index contributed by atoms with van der Waals surface area (Å²) in [4.78, 5) is 231. The number of aliphatic hydroxyl groups excluding tert-OH is 1. The molecule has 3 aromatic rings. The third-order valence-electron chi connectivity index (χ3n) is 12.6. The molecule has 0 aliphatic rings. The van der Waals surface area contributed by atoms with Gasteiger partial charge in [0.1, 0.15) is 40.9 Å². The Morgan fingerprint density at radius 2 is 0.652 bits per heavy atom. The fourth-order valence-electron chi connectivity index (χ4n) is 7.61. The molecule has 36 heteroatoms. The maximum Gasteiger partial charge on any atom is 0.373 e. The van der Waals surface area contributed by atoms with E-state index < -0.39 is 126 Å². The van der Waals surface area contributed by atoms with Gasteiger partial charge in [-0.2, -0.15) is 38.4 Å². The Balaban J connectivity index is -0.000000129. The highest BCUT2D eigenvalue weighted by Gasteiger charge is 2.39. The molecule has 4 atom stereocenters. The zero-order chi connectivity index (χ0) is 89.0. The Hall–Kier alpha value is -12.4. The summed E-state index contributed by atoms with van der Waals surface area (Å²) < 4.78 is 0. The molecule has 112 heavy (non-hydrogen) atoms. The van der Waals surface area contributed by atoms with Crippen LogP contribution in [0.4, 0.5) is 0 Å². The number of hydrogen-bond acceptors (Lipinski definition) is 26. The summed E-state index contributed by atoms with van der Waals surface area (Å²) in [5.41, 5.74) is -0.252. The molecule has 0 saturated heterocycles. The van der Waals surface area contributed by atoms with Crippen molar-refractivity contribution in [3.8, 4) is 0 Å². The van der Waals surface area contributed by atoms with Gasteiger partial charge in [-0.25, -0.2) is 14.4 Å². The molecule has 0 aliphatic carbocycles. The average Bonchev–Trinajstić information content (AvgIpc) is 0.868. The number of Topliss-reactive ketones (excluding diaryl/α,β-unsaturated/α-hetero) is 6. The standard InChI is InChI=1S/C13H24O3.C11H20O3.2C7H10O6.C7H10O5.C7H8O5.2C7H8.C6H6.4CO2/c1-12(14)10-8-6-4-2-3-5-7-9-11-13(15)16;1-10(12)8-6-4-2-3-5-7-9-11(13)14;1-4(8)2-7(13,6(11)12)3-5(9)10;1-3(8)6(11)4(7(12)13)2-5(9)10;2*1-4(8)2-5(7(11)12)3-6(9)10;2*1-7-5-3-2-4-6-7;1-2-4-6-5-3-1;4*2-1-3/h2-11H2,1H3,(H,15,16);2-9H2,1H3,(H,13,14);13H,2-3H2,1H3,(H,9,10)(H,11,12);4,6,11H,2H2,1H3,(H,9,10)(H,12,13);5H,2-3H2,1H3,(H,9,10)(H,11,12);3H,2H2,1H3,(H,9,10)(H,11,12);2*2-6H,1H3;1-6H;;;;/b;;;;;5-3-;;;;;;;. The van der Waals surface area contributed by atoms with E-state index in [1.165, 1.54) is 44.2 Å². The Bertz CT molecular complexity index is 3150. The lowest BCUT2D eigenvalue weighted by Gasteiger charge is -2.19. The number of ketones is 6. The Kier molecular flexibility index (Phi) is 92.4. The maximum atomic E-state index is 10.7. The number of carboxylic acids is 10. The van der Waals surface area contributed by atoms with Crippen LogP contribution in [0.2, 0.25) is 0 Å². The van der Waals surface area contributed by atoms with Gasteiger partial charge in [-0.05, 0) is 81.1 Å². The molecule has 0 heterocycles. The van der Waals surface area contributed by atoms with E-state index in [0.29, 0.717) is 18.9 Å². The molecule has 0 amide bonds. The van der Waals surface area contributed by atoms with E-state index in [-0.39, 0.29) is 67.0 Å². The first kappa shape index (κ1) is 121. The Morgan fingerprint density at radius 3 is 0.839 bits per heavy atom. The van der Waals surface area contributed by atoms with Crippen LogP contribution in [-0.2, 0) is 115 Å². The van der Waals surface area contributed by atoms with Crippen LogP contribution < -0.4 is 0 Å². The van der Waals surface area contributed by atoms with Gasteiger partial charge in [0.2, 0.25) is 0 Å². The summed E-state index contributed by atoms with van der Waals surface area (Å²) in [6.45, 7) is 11.9. The first-order valence-corrected chi connectivity index (χ1v) is 33.5. The minimum Gasteiger partial charge on any atom is -0.481 e. The van der Waals surface area contributed by atoms with Gasteiger partial charge in [0.15, 0.2) is 11.4 Å². The lowest BCUT2D eigenvalue weighted by Crippen LogP contribution is -2.42. The van der Waals surface area contributed by atoms with Gasteiger partial charge < -0.3 is 75.7 Å². The van der Waals surface area contributed by atoms with Crippen molar-refractivity contribution in [2.45, 2.75) is 221 Å². The van der Waals surface area contributed by atoms with Crippen LogP contribution in [0.5, 0.6) is 0 Å². The fraction of sp³-hybridized carbons (Fsp3) is 0.474. The second-order valence-corrected chi connectivity index (χ2v) is 23.1. The number of aliphatic hydroxyl groups is 2. The highest BCUT2D eigenvalue weighted by Crippen LogP contribution is 2.17. The van der Waals surface area contributed by atoms with Crippen molar-refractivity contribution in [1.29, 1.82) is 0 Å². The summed E-state index contributed by atoms with van der Waals surface area (Å²) in [6, 6.07) is 32.5. The zero-order valence-corrected chi connectivity index (χ0v) is 63.7. The predicted molar refractivity (Wildman–Crippen MR) is 386 cm³/mol. The van der Waals surface area contributed by atoms with Gasteiger partial charge in [0.25, 0.3) is 0 Å². The van der Waals surface area contributed by atoms with Crippen LogP contribution >= 0.6 is 0 Å². The summed E-state index contributed by atoms with van der Waals surface area (Å²) >= 11 is 0. The largest absolute Gasteiger partial charge is 0.481 e. The van der Waals surface area contributed by atoms with Crippen molar-refractivity contribution in [1.82, 2.24) is 0 Å². The quantitative estimate of drug-likeness (QED) is 0.0189. The maximum absolute atomic E-state index is 10.7. The van der Waals surface area contributed by atoms with Crippen molar-refractivity contribution in [2.24, 2.45) is 11.8 Å². The highest BCUT2D eigenvalue weighted by molar-refractivity contribution is 5.99. The van der Waals surface area contributed by atoms with Crippen LogP contribution in [0.25, 0.3) is 0 Å². The van der Waals surface area contributed by atoms with Crippen molar-refractivity contribution in [2.75, 3.05) is 0 Å². The van der Waals surface area contributed by atoms with Crippen LogP contribution in [0.3, 0.4) is 0 Å². The SMILES string of the molecule is CC(=O)C(O)C(CC(=O)O)C(=O)O.CC(=O)C/C(=C/C(=O)O)C(=O)O.CC(=O)CC(CC(=O)O)C(=O)O.CC(=O)CC(O)(CC(=O)O)C(=O)O.CC(=O)CCCCCCCCC(=O)O.CC(=O)CCCCCCCCCCC(=O)O.Cc1ccccc1.Cc1ccccc1.O=C=O.O=C=O.O=C=O.O=C=O.c1ccccc1. The van der Waals surface area contributed by atoms with E-state index in [0.717, 1.165) is 90.9 Å². The van der Waals surface area contributed by atoms with Gasteiger partial charge in [0, 0.05) is 51.0 Å². The molecule has 0 aromatic heterocycles. The predicted octanol–water partition coefficient (Wildman–Crippen LogP) is 8.25. The number of rotatable bonds is 39. The Labute approximate surface area is 645 Å². The number of aliphatic carboxylic acids is 10. The minimum atomic E-state index is -2.49. The monoisotopic (exact) mass is 1590 g/mol. The molecule has 3 aromatic carbocycles. The molecule has 0 radical (unpaired) electrons. The number of carbonyl (C=O) groups excluding carboxylic acids is 14. The third kappa shape index (κ3) is 113. The number of unbranched alkanes of at least 4 members (excludes halogenated alkanes) is 12. The fourth-order valence-corrected chi connectivity index (χ4v) is 7.61. The molecule has 0 fully saturated rings. The molecule has 0 spiro atoms. The van der Waals surface area contributed by atoms with Gasteiger partial charge in [-0.3, -0.25) is 47.9 Å². The average molecular weight is 1590 g/mol. The van der Waals surface area contributed by atoms with Crippen LogP contribution in [0, 0.1) is 25.7 Å². The summed E-state index contributed by atoms with van der Waals surface area (Å²) in [7, 11) is 0. The van der Waals surface area contributed by atoms with E-state index in [2.05, 4.69) is 38.1 Å². The van der Waals surface area contributed by atoms with Gasteiger partial charge >= 0.3 is 84.3 Å². The van der Waals surface area contributed by atoms with Crippen LogP contribution in [-0.4, -0.2) is 192 Å². The minimum absolute atomic E-state index is 0.221. The molecule has 36 nitrogen and oxygen atoms in total. The summed E-state index contributed by atoms with van der Waals surface area (Å²) in [5, 5.41) is 102. The molecule has 12 N–H and O–H groups in total. The molecule has 0 aliphatic heterocycles. The van der Waals surface area contributed by atoms with E-state index in [1.807, 2.05) is 72.8 Å². The molecule has 0 bridgehead atoms. The Morgan fingerprint density at radius 1 is 0.357 bits per heavy atom. The smallest absolute Gasteiger partial charge is 0.373 e. The molecule has 4 unspecified atom stereocenters. The van der Waals surface area contributed by atoms with Crippen molar-refractivity contribution >= 4 is 119 Å². The second-order valence-electron chi connectivity index (χ2n) is 23.1. The molecule has 624 valence electrons. The first-order chi connectivity index (χ1) is 52.2. The second kappa shape index (κ2) is 85.8. The van der Waals surface area contributed by atoms with Gasteiger partial charge in [0.05, 0.1) is 30.8 Å². The summed E-state index contributed by atoms with van der Waals surface area (Å²) in [5.74, 6) is -16.8. The van der Waals surface area contributed by atoms with Crippen LogP contribution in [0.1, 0.15) is 207 Å². The highest BCUT2D eigenvalue weighted by atomic mass is 16.4. The number of aryl methyl sites for hydroxylation is 2. The number of hydrogen-bond donors (Lipinski definition) is 12. The van der Waals surface area contributed by atoms with Crippen molar-refractivity contribution in [3.63, 3.8) is 0 Å². The third-order valence-corrected chi connectivity index (χ3v) is 12.6. The normalized spacial score (nSPS) is 10.4. The molecular weight excluding hydrogens is 1490 g/mol. The molecular formula is C76H104O36. The lowest BCUT2D eigenvalue weighted by atomic mass is 9.94. The van der Waals surface area contributed by atoms with E-state index in [9.17, 15) is 81.8 Å². The zero-order valence-electron chi connectivity index (χ0n) is 63.7. The molecule has 0 saturated carbocycles. The lowest BCUT2D eigenvalue weighted by molar-refractivity contribution is -0.193. The van der Waals surface area contributed by atoms with E-state index >= 15 is 0 Å². The number of carbonyl (C=O) groups is 16. The number of benzene rings is 3. The molecule has 3 rings (SSSR count). The van der Waals surface area contributed by atoms with Crippen LogP contribution in [0.15, 0.2) is 109 Å².